The Bertz CT molecular complexity index is 1020. The highest BCUT2D eigenvalue weighted by Gasteiger charge is 2.36. The van der Waals surface area contributed by atoms with E-state index in [1.165, 1.54) is 0 Å². The third-order valence-corrected chi connectivity index (χ3v) is 6.08. The molecular weight excluding hydrogens is 348 g/mol. The molecule has 2 atom stereocenters. The summed E-state index contributed by atoms with van der Waals surface area (Å²) >= 11 is 1.61. The van der Waals surface area contributed by atoms with Crippen molar-refractivity contribution in [3.63, 3.8) is 0 Å². The van der Waals surface area contributed by atoms with E-state index in [9.17, 15) is 9.59 Å². The molecule has 0 aliphatic carbocycles. The highest BCUT2D eigenvalue weighted by Crippen LogP contribution is 2.35. The number of thiophene rings is 1. The lowest BCUT2D eigenvalue weighted by molar-refractivity contribution is 0.0588. The molecule has 5 heterocycles. The molecule has 1 saturated heterocycles. The molecule has 2 aliphatic rings. The number of pyridine rings is 1. The van der Waals surface area contributed by atoms with E-state index in [0.717, 1.165) is 23.4 Å². The van der Waals surface area contributed by atoms with Gasteiger partial charge in [-0.05, 0) is 35.9 Å². The zero-order valence-electron chi connectivity index (χ0n) is 14.1. The quantitative estimate of drug-likeness (QED) is 0.758. The third kappa shape index (κ3) is 2.50. The molecule has 5 rings (SSSR count). The normalized spacial score (nSPS) is 21.5. The molecule has 1 fully saturated rings. The van der Waals surface area contributed by atoms with Gasteiger partial charge in [0.05, 0.1) is 5.69 Å². The molecule has 1 N–H and O–H groups in total. The van der Waals surface area contributed by atoms with E-state index in [1.54, 1.807) is 17.4 Å². The minimum atomic E-state index is -0.0135. The first-order valence-corrected chi connectivity index (χ1v) is 9.70. The van der Waals surface area contributed by atoms with Gasteiger partial charge in [-0.25, -0.2) is 0 Å². The molecular formula is C19H18N4O2S. The first kappa shape index (κ1) is 15.6. The van der Waals surface area contributed by atoms with Crippen LogP contribution in [0.3, 0.4) is 0 Å². The van der Waals surface area contributed by atoms with Crippen LogP contribution in [0.4, 0.5) is 0 Å². The molecule has 26 heavy (non-hydrogen) atoms. The van der Waals surface area contributed by atoms with Gasteiger partial charge in [-0.15, -0.1) is 0 Å². The second kappa shape index (κ2) is 5.95. The SMILES string of the molecule is O=C(c1cc(-c2ccsc2)n[nH]1)N1CC2CC(C1)c1cccc(=O)n1C2. The number of hydrogen-bond donors (Lipinski definition) is 1. The number of carbonyl (C=O) groups is 1. The van der Waals surface area contributed by atoms with E-state index in [2.05, 4.69) is 10.2 Å². The summed E-state index contributed by atoms with van der Waals surface area (Å²) in [6.07, 6.45) is 1.04. The van der Waals surface area contributed by atoms with Crippen molar-refractivity contribution in [1.29, 1.82) is 0 Å². The number of nitrogens with one attached hydrogen (secondary N) is 1. The summed E-state index contributed by atoms with van der Waals surface area (Å²) in [5.74, 6) is 0.532. The summed E-state index contributed by atoms with van der Waals surface area (Å²) in [5, 5.41) is 11.2. The summed E-state index contributed by atoms with van der Waals surface area (Å²) < 4.78 is 1.88. The summed E-state index contributed by atoms with van der Waals surface area (Å²) in [4.78, 5) is 27.0. The maximum Gasteiger partial charge on any atom is 0.271 e. The summed E-state index contributed by atoms with van der Waals surface area (Å²) in [6, 6.07) is 9.27. The molecule has 3 aromatic heterocycles. The fourth-order valence-corrected chi connectivity index (χ4v) is 4.87. The van der Waals surface area contributed by atoms with Gasteiger partial charge < -0.3 is 9.47 Å². The lowest BCUT2D eigenvalue weighted by Gasteiger charge is -2.42. The van der Waals surface area contributed by atoms with Gasteiger partial charge in [0, 0.05) is 48.3 Å². The summed E-state index contributed by atoms with van der Waals surface area (Å²) in [6.45, 7) is 2.02. The number of nitrogens with zero attached hydrogens (tertiary/aromatic N) is 3. The zero-order chi connectivity index (χ0) is 17.7. The van der Waals surface area contributed by atoms with Gasteiger partial charge >= 0.3 is 0 Å². The number of likely N-dealkylation sites (tertiary alicyclic amines) is 1. The second-order valence-electron chi connectivity index (χ2n) is 7.09. The molecule has 3 aromatic rings. The number of amides is 1. The highest BCUT2D eigenvalue weighted by molar-refractivity contribution is 7.08. The third-order valence-electron chi connectivity index (χ3n) is 5.39. The van der Waals surface area contributed by atoms with Crippen molar-refractivity contribution in [2.75, 3.05) is 13.1 Å². The summed E-state index contributed by atoms with van der Waals surface area (Å²) in [7, 11) is 0. The van der Waals surface area contributed by atoms with Crippen LogP contribution in [0.2, 0.25) is 0 Å². The van der Waals surface area contributed by atoms with Crippen molar-refractivity contribution in [1.82, 2.24) is 19.7 Å². The van der Waals surface area contributed by atoms with Crippen molar-refractivity contribution < 1.29 is 4.79 Å². The Balaban J connectivity index is 1.41. The van der Waals surface area contributed by atoms with Crippen molar-refractivity contribution in [3.05, 3.63) is 62.8 Å². The van der Waals surface area contributed by atoms with Gasteiger partial charge in [-0.1, -0.05) is 6.07 Å². The lowest BCUT2D eigenvalue weighted by Crippen LogP contribution is -2.49. The Labute approximate surface area is 154 Å². The predicted octanol–water partition coefficient (Wildman–Crippen LogP) is 2.56. The number of hydrogen-bond acceptors (Lipinski definition) is 4. The van der Waals surface area contributed by atoms with Crippen LogP contribution in [0, 0.1) is 5.92 Å². The average molecular weight is 366 g/mol. The highest BCUT2D eigenvalue weighted by atomic mass is 32.1. The predicted molar refractivity (Wildman–Crippen MR) is 99.4 cm³/mol. The first-order valence-electron chi connectivity index (χ1n) is 8.76. The summed E-state index contributed by atoms with van der Waals surface area (Å²) in [5.41, 5.74) is 3.45. The van der Waals surface area contributed by atoms with E-state index < -0.39 is 0 Å². The largest absolute Gasteiger partial charge is 0.336 e. The van der Waals surface area contributed by atoms with Crippen LogP contribution in [-0.2, 0) is 6.54 Å². The maximum absolute atomic E-state index is 13.0. The van der Waals surface area contributed by atoms with Crippen molar-refractivity contribution >= 4 is 17.2 Å². The van der Waals surface area contributed by atoms with E-state index in [-0.39, 0.29) is 17.4 Å². The van der Waals surface area contributed by atoms with Crippen LogP contribution in [-0.4, -0.2) is 38.7 Å². The van der Waals surface area contributed by atoms with E-state index in [0.29, 0.717) is 31.2 Å². The number of H-pyrrole nitrogens is 1. The van der Waals surface area contributed by atoms with Gasteiger partial charge in [0.2, 0.25) is 0 Å². The van der Waals surface area contributed by atoms with Gasteiger partial charge in [-0.2, -0.15) is 16.4 Å². The van der Waals surface area contributed by atoms with Crippen molar-refractivity contribution in [2.45, 2.75) is 18.9 Å². The number of rotatable bonds is 2. The molecule has 2 unspecified atom stereocenters. The Morgan fingerprint density at radius 2 is 2.15 bits per heavy atom. The minimum Gasteiger partial charge on any atom is -0.336 e. The van der Waals surface area contributed by atoms with Crippen molar-refractivity contribution in [2.24, 2.45) is 5.92 Å². The zero-order valence-corrected chi connectivity index (χ0v) is 14.9. The number of aromatic nitrogens is 3. The lowest BCUT2D eigenvalue weighted by atomic mass is 9.83. The molecule has 6 nitrogen and oxygen atoms in total. The molecule has 0 spiro atoms. The van der Waals surface area contributed by atoms with Crippen LogP contribution in [0.15, 0.2) is 45.9 Å². The van der Waals surface area contributed by atoms with E-state index in [4.69, 9.17) is 0 Å². The molecule has 0 saturated carbocycles. The molecule has 7 heteroatoms. The van der Waals surface area contributed by atoms with E-state index in [1.807, 2.05) is 44.5 Å². The number of carbonyl (C=O) groups excluding carboxylic acids is 1. The Morgan fingerprint density at radius 1 is 1.23 bits per heavy atom. The van der Waals surface area contributed by atoms with Crippen molar-refractivity contribution in [3.8, 4) is 11.3 Å². The van der Waals surface area contributed by atoms with Crippen LogP contribution < -0.4 is 5.56 Å². The van der Waals surface area contributed by atoms with Crippen LogP contribution in [0.25, 0.3) is 11.3 Å². The standard InChI is InChI=1S/C19H18N4O2S/c24-18-3-1-2-17-14-6-12(9-23(17)18)8-22(10-14)19(25)16-7-15(20-21-16)13-4-5-26-11-13/h1-5,7,11-12,14H,6,8-10H2,(H,20,21). The average Bonchev–Trinajstić information content (AvgIpc) is 3.33. The topological polar surface area (TPSA) is 71.0 Å². The first-order chi connectivity index (χ1) is 12.7. The molecule has 0 radical (unpaired) electrons. The number of aromatic amines is 1. The molecule has 2 bridgehead atoms. The van der Waals surface area contributed by atoms with Gasteiger partial charge in [0.15, 0.2) is 0 Å². The Kier molecular flexibility index (Phi) is 3.56. The van der Waals surface area contributed by atoms with Crippen LogP contribution >= 0.6 is 11.3 Å². The Hall–Kier alpha value is -2.67. The smallest absolute Gasteiger partial charge is 0.271 e. The van der Waals surface area contributed by atoms with Gasteiger partial charge in [-0.3, -0.25) is 14.7 Å². The van der Waals surface area contributed by atoms with Gasteiger partial charge in [0.1, 0.15) is 5.69 Å². The monoisotopic (exact) mass is 366 g/mol. The van der Waals surface area contributed by atoms with Crippen LogP contribution in [0.1, 0.15) is 28.5 Å². The number of fused-ring (bicyclic) bond motifs is 4. The molecule has 132 valence electrons. The minimum absolute atomic E-state index is 0.0135. The Morgan fingerprint density at radius 3 is 3.00 bits per heavy atom. The maximum atomic E-state index is 13.0. The molecule has 0 aromatic carbocycles. The second-order valence-corrected chi connectivity index (χ2v) is 7.87. The fourth-order valence-electron chi connectivity index (χ4n) is 4.22. The molecule has 1 amide bonds. The van der Waals surface area contributed by atoms with Crippen LogP contribution in [0.5, 0.6) is 0 Å². The molecule has 2 aliphatic heterocycles. The number of piperidine rings is 1. The van der Waals surface area contributed by atoms with E-state index >= 15 is 0 Å². The van der Waals surface area contributed by atoms with Gasteiger partial charge in [0.25, 0.3) is 11.5 Å². The fraction of sp³-hybridized carbons (Fsp3) is 0.316.